The summed E-state index contributed by atoms with van der Waals surface area (Å²) < 4.78 is 0. The average Bonchev–Trinajstić information content (AvgIpc) is 1.65. The van der Waals surface area contributed by atoms with Gasteiger partial charge in [-0.1, -0.05) is 0 Å². The van der Waals surface area contributed by atoms with Crippen LogP contribution in [-0.2, 0) is 4.79 Å². The Kier molecular flexibility index (Phi) is 13.1. The molecule has 0 aromatic carbocycles. The standard InChI is InChI=1S/C2H6ClN.C2H4O2/c3-1-2-4;1-2(3)4/h1-2,4H2;1H3,(H,3,4). The molecular weight excluding hydrogens is 130 g/mol. The summed E-state index contributed by atoms with van der Waals surface area (Å²) in [5.74, 6) is -0.264. The van der Waals surface area contributed by atoms with Gasteiger partial charge in [0.05, 0.1) is 0 Å². The molecule has 50 valence electrons. The van der Waals surface area contributed by atoms with Crippen molar-refractivity contribution in [2.24, 2.45) is 5.73 Å². The highest BCUT2D eigenvalue weighted by atomic mass is 35.5. The van der Waals surface area contributed by atoms with Gasteiger partial charge in [0.2, 0.25) is 0 Å². The minimum Gasteiger partial charge on any atom is -0.481 e. The molecule has 0 rings (SSSR count). The fourth-order valence-corrected chi connectivity index (χ4v) is 0. The van der Waals surface area contributed by atoms with Crippen LogP contribution in [0.3, 0.4) is 0 Å². The van der Waals surface area contributed by atoms with Crippen molar-refractivity contribution < 1.29 is 9.90 Å². The molecule has 0 atom stereocenters. The van der Waals surface area contributed by atoms with Crippen LogP contribution in [0.2, 0.25) is 0 Å². The third-order valence-electron chi connectivity index (χ3n) is 0.109. The topological polar surface area (TPSA) is 63.3 Å². The molecule has 0 aromatic rings. The van der Waals surface area contributed by atoms with Gasteiger partial charge in [0.15, 0.2) is 0 Å². The highest BCUT2D eigenvalue weighted by molar-refractivity contribution is 6.18. The zero-order valence-electron chi connectivity index (χ0n) is 4.72. The van der Waals surface area contributed by atoms with Gasteiger partial charge in [0, 0.05) is 19.3 Å². The lowest BCUT2D eigenvalue weighted by atomic mass is 10.8. The van der Waals surface area contributed by atoms with E-state index in [-0.39, 0.29) is 0 Å². The minimum atomic E-state index is -0.833. The Morgan fingerprint density at radius 3 is 2.00 bits per heavy atom. The summed E-state index contributed by atoms with van der Waals surface area (Å²) in [6.45, 7) is 1.67. The van der Waals surface area contributed by atoms with E-state index in [4.69, 9.17) is 27.2 Å². The van der Waals surface area contributed by atoms with E-state index in [1.807, 2.05) is 0 Å². The normalized spacial score (nSPS) is 6.88. The second-order valence-corrected chi connectivity index (χ2v) is 1.37. The van der Waals surface area contributed by atoms with E-state index in [0.717, 1.165) is 6.92 Å². The molecule has 0 radical (unpaired) electrons. The Balaban J connectivity index is 0. The molecular formula is C4H10ClNO2. The van der Waals surface area contributed by atoms with Crippen molar-refractivity contribution in [1.29, 1.82) is 0 Å². The van der Waals surface area contributed by atoms with Crippen molar-refractivity contribution >= 4 is 17.6 Å². The third-order valence-corrected chi connectivity index (χ3v) is 0.327. The molecule has 0 aliphatic carbocycles. The second-order valence-electron chi connectivity index (χ2n) is 0.997. The molecule has 0 bridgehead atoms. The molecule has 4 heteroatoms. The van der Waals surface area contributed by atoms with Crippen molar-refractivity contribution in [3.8, 4) is 0 Å². The first-order valence-electron chi connectivity index (χ1n) is 2.10. The number of hydrogen-bond acceptors (Lipinski definition) is 2. The summed E-state index contributed by atoms with van der Waals surface area (Å²) in [5, 5.41) is 7.42. The maximum atomic E-state index is 9.00. The number of alkyl halides is 1. The molecule has 0 amide bonds. The van der Waals surface area contributed by atoms with Crippen LogP contribution in [-0.4, -0.2) is 23.5 Å². The fraction of sp³-hybridized carbons (Fsp3) is 0.750. The monoisotopic (exact) mass is 139 g/mol. The number of rotatable bonds is 1. The van der Waals surface area contributed by atoms with E-state index in [1.165, 1.54) is 0 Å². The van der Waals surface area contributed by atoms with Gasteiger partial charge in [-0.25, -0.2) is 0 Å². The smallest absolute Gasteiger partial charge is 0.300 e. The first kappa shape index (κ1) is 10.7. The van der Waals surface area contributed by atoms with Gasteiger partial charge in [0.1, 0.15) is 0 Å². The van der Waals surface area contributed by atoms with Crippen molar-refractivity contribution in [3.05, 3.63) is 0 Å². The molecule has 0 aromatic heterocycles. The highest BCUT2D eigenvalue weighted by Crippen LogP contribution is 1.60. The van der Waals surface area contributed by atoms with Crippen molar-refractivity contribution in [2.75, 3.05) is 12.4 Å². The predicted molar refractivity (Wildman–Crippen MR) is 33.1 cm³/mol. The molecule has 3 N–H and O–H groups in total. The number of carboxylic acids is 1. The van der Waals surface area contributed by atoms with Gasteiger partial charge in [-0.05, 0) is 0 Å². The molecule has 3 nitrogen and oxygen atoms in total. The summed E-state index contributed by atoms with van der Waals surface area (Å²) in [6.07, 6.45) is 0. The average molecular weight is 140 g/mol. The van der Waals surface area contributed by atoms with E-state index < -0.39 is 5.97 Å². The highest BCUT2D eigenvalue weighted by Gasteiger charge is 1.65. The van der Waals surface area contributed by atoms with Crippen LogP contribution >= 0.6 is 11.6 Å². The molecule has 0 saturated carbocycles. The second kappa shape index (κ2) is 9.87. The zero-order chi connectivity index (χ0) is 6.99. The summed E-state index contributed by atoms with van der Waals surface area (Å²) in [6, 6.07) is 0. The number of carbonyl (C=O) groups is 1. The fourth-order valence-electron chi connectivity index (χ4n) is 0. The van der Waals surface area contributed by atoms with E-state index in [9.17, 15) is 0 Å². The van der Waals surface area contributed by atoms with Gasteiger partial charge in [-0.15, -0.1) is 11.6 Å². The summed E-state index contributed by atoms with van der Waals surface area (Å²) in [7, 11) is 0. The summed E-state index contributed by atoms with van der Waals surface area (Å²) >= 11 is 5.06. The molecule has 0 fully saturated rings. The van der Waals surface area contributed by atoms with Crippen molar-refractivity contribution in [1.82, 2.24) is 0 Å². The molecule has 0 aliphatic rings. The molecule has 0 unspecified atom stereocenters. The van der Waals surface area contributed by atoms with Crippen LogP contribution in [0.4, 0.5) is 0 Å². The predicted octanol–water partition coefficient (Wildman–Crippen LogP) is 0.275. The van der Waals surface area contributed by atoms with E-state index in [2.05, 4.69) is 0 Å². The SMILES string of the molecule is CC(=O)O.NCCCl. The van der Waals surface area contributed by atoms with Gasteiger partial charge in [-0.3, -0.25) is 4.79 Å². The quantitative estimate of drug-likeness (QED) is 0.513. The Bertz CT molecular complexity index is 52.0. The van der Waals surface area contributed by atoms with E-state index in [1.54, 1.807) is 0 Å². The van der Waals surface area contributed by atoms with Crippen LogP contribution in [0.1, 0.15) is 6.92 Å². The van der Waals surface area contributed by atoms with Crippen LogP contribution in [0, 0.1) is 0 Å². The molecule has 0 aliphatic heterocycles. The number of hydrogen-bond donors (Lipinski definition) is 2. The number of nitrogens with two attached hydrogens (primary N) is 1. The van der Waals surface area contributed by atoms with Crippen LogP contribution < -0.4 is 5.73 Å². The lowest BCUT2D eigenvalue weighted by Crippen LogP contribution is -1.97. The Morgan fingerprint density at radius 2 is 2.00 bits per heavy atom. The Hall–Kier alpha value is -0.280. The maximum Gasteiger partial charge on any atom is 0.300 e. The minimum absolute atomic E-state index is 0.569. The first-order chi connectivity index (χ1) is 3.65. The Labute approximate surface area is 53.4 Å². The van der Waals surface area contributed by atoms with Gasteiger partial charge in [0.25, 0.3) is 5.97 Å². The lowest BCUT2D eigenvalue weighted by Gasteiger charge is -1.68. The lowest BCUT2D eigenvalue weighted by molar-refractivity contribution is -0.134. The van der Waals surface area contributed by atoms with Crippen LogP contribution in [0.25, 0.3) is 0 Å². The van der Waals surface area contributed by atoms with Crippen molar-refractivity contribution in [2.45, 2.75) is 6.92 Å². The van der Waals surface area contributed by atoms with Crippen molar-refractivity contribution in [3.63, 3.8) is 0 Å². The molecule has 0 saturated heterocycles. The largest absolute Gasteiger partial charge is 0.481 e. The van der Waals surface area contributed by atoms with Crippen LogP contribution in [0.15, 0.2) is 0 Å². The van der Waals surface area contributed by atoms with Gasteiger partial charge < -0.3 is 10.8 Å². The van der Waals surface area contributed by atoms with Gasteiger partial charge in [-0.2, -0.15) is 0 Å². The maximum absolute atomic E-state index is 9.00. The molecule has 8 heavy (non-hydrogen) atoms. The van der Waals surface area contributed by atoms with Gasteiger partial charge >= 0.3 is 0 Å². The molecule has 0 heterocycles. The number of halogens is 1. The Morgan fingerprint density at radius 1 is 1.88 bits per heavy atom. The summed E-state index contributed by atoms with van der Waals surface area (Å²) in [4.78, 5) is 9.00. The number of aliphatic carboxylic acids is 1. The third kappa shape index (κ3) is 246. The first-order valence-corrected chi connectivity index (χ1v) is 2.64. The number of carboxylic acid groups (broad SMARTS) is 1. The molecule has 0 spiro atoms. The zero-order valence-corrected chi connectivity index (χ0v) is 5.48. The summed E-state index contributed by atoms with van der Waals surface area (Å²) in [5.41, 5.74) is 4.90. The van der Waals surface area contributed by atoms with Crippen LogP contribution in [0.5, 0.6) is 0 Å². The van der Waals surface area contributed by atoms with E-state index >= 15 is 0 Å². The van der Waals surface area contributed by atoms with E-state index in [0.29, 0.717) is 12.4 Å².